The molecule has 2 N–H and O–H groups in total. The lowest BCUT2D eigenvalue weighted by molar-refractivity contribution is -0.137. The smallest absolute Gasteiger partial charge is 0.317 e. The van der Waals surface area contributed by atoms with Gasteiger partial charge in [0.1, 0.15) is 5.76 Å². The summed E-state index contributed by atoms with van der Waals surface area (Å²) in [6, 6.07) is 0. The summed E-state index contributed by atoms with van der Waals surface area (Å²) in [5, 5.41) is 18.4. The van der Waals surface area contributed by atoms with Gasteiger partial charge in [-0.2, -0.15) is 0 Å². The zero-order valence-corrected chi connectivity index (χ0v) is 12.6. The number of rotatable bonds is 10. The molecule has 0 saturated carbocycles. The van der Waals surface area contributed by atoms with E-state index in [9.17, 15) is 9.90 Å². The summed E-state index contributed by atoms with van der Waals surface area (Å²) < 4.78 is 5.02. The highest BCUT2D eigenvalue weighted by molar-refractivity contribution is 5.69. The summed E-state index contributed by atoms with van der Waals surface area (Å²) in [7, 11) is 3.31. The van der Waals surface area contributed by atoms with Gasteiger partial charge in [0.15, 0.2) is 0 Å². The Hall–Kier alpha value is -1.59. The Labute approximate surface area is 120 Å². The van der Waals surface area contributed by atoms with Crippen LogP contribution in [0, 0.1) is 0 Å². The van der Waals surface area contributed by atoms with E-state index in [0.29, 0.717) is 18.7 Å². The fourth-order valence-electron chi connectivity index (χ4n) is 1.73. The van der Waals surface area contributed by atoms with Crippen molar-refractivity contribution in [3.63, 3.8) is 0 Å². The minimum Gasteiger partial charge on any atom is -0.508 e. The molecule has 0 aliphatic rings. The third-order valence-electron chi connectivity index (χ3n) is 2.63. The average Bonchev–Trinajstić information content (AvgIpc) is 2.34. The Morgan fingerprint density at radius 2 is 2.00 bits per heavy atom. The predicted molar refractivity (Wildman–Crippen MR) is 79.9 cm³/mol. The zero-order chi connectivity index (χ0) is 15.5. The van der Waals surface area contributed by atoms with Gasteiger partial charge >= 0.3 is 5.97 Å². The van der Waals surface area contributed by atoms with Gasteiger partial charge in [0.05, 0.1) is 13.2 Å². The Morgan fingerprint density at radius 3 is 2.45 bits per heavy atom. The molecule has 0 aromatic rings. The molecule has 5 heteroatoms. The van der Waals surface area contributed by atoms with E-state index in [1.165, 1.54) is 0 Å². The molecule has 0 heterocycles. The molecule has 0 atom stereocenters. The molecule has 0 unspecified atom stereocenters. The summed E-state index contributed by atoms with van der Waals surface area (Å²) in [6.45, 7) is 6.35. The minimum absolute atomic E-state index is 0.0401. The van der Waals surface area contributed by atoms with Crippen molar-refractivity contribution < 1.29 is 19.7 Å². The number of aliphatic hydroxyl groups excluding tert-OH is 1. The number of carboxylic acids is 1. The second-order valence-corrected chi connectivity index (χ2v) is 4.67. The van der Waals surface area contributed by atoms with Gasteiger partial charge in [0.25, 0.3) is 0 Å². The Bertz CT molecular complexity index is 385. The van der Waals surface area contributed by atoms with Crippen molar-refractivity contribution in [2.75, 3.05) is 33.9 Å². The lowest BCUT2D eigenvalue weighted by Crippen LogP contribution is -2.28. The van der Waals surface area contributed by atoms with Crippen LogP contribution < -0.4 is 0 Å². The summed E-state index contributed by atoms with van der Waals surface area (Å²) in [4.78, 5) is 12.3. The third kappa shape index (κ3) is 8.50. The van der Waals surface area contributed by atoms with E-state index >= 15 is 0 Å². The van der Waals surface area contributed by atoms with Crippen LogP contribution in [0.1, 0.15) is 19.8 Å². The molecule has 0 saturated heterocycles. The van der Waals surface area contributed by atoms with Gasteiger partial charge in [0, 0.05) is 19.2 Å². The number of aliphatic carboxylic acids is 1. The number of hydrogen-bond donors (Lipinski definition) is 2. The van der Waals surface area contributed by atoms with Gasteiger partial charge < -0.3 is 14.9 Å². The van der Waals surface area contributed by atoms with Crippen LogP contribution in [0.4, 0.5) is 0 Å². The van der Waals surface area contributed by atoms with Crippen molar-refractivity contribution in [1.82, 2.24) is 4.90 Å². The predicted octanol–water partition coefficient (Wildman–Crippen LogP) is 2.37. The van der Waals surface area contributed by atoms with Crippen LogP contribution in [0.2, 0.25) is 0 Å². The van der Waals surface area contributed by atoms with Crippen molar-refractivity contribution in [1.29, 1.82) is 0 Å². The van der Waals surface area contributed by atoms with E-state index in [1.807, 2.05) is 12.2 Å². The number of allylic oxidation sites excluding steroid dienone is 2. The molecule has 0 fully saturated rings. The molecule has 0 rings (SSSR count). The Kier molecular flexibility index (Phi) is 9.41. The number of nitrogens with zero attached hydrogens (tertiary/aromatic N) is 1. The molecular formula is C15H25NO4. The van der Waals surface area contributed by atoms with Gasteiger partial charge in [-0.1, -0.05) is 32.1 Å². The van der Waals surface area contributed by atoms with Crippen LogP contribution in [0.5, 0.6) is 0 Å². The van der Waals surface area contributed by atoms with Crippen molar-refractivity contribution in [2.24, 2.45) is 0 Å². The van der Waals surface area contributed by atoms with E-state index in [4.69, 9.17) is 9.84 Å². The van der Waals surface area contributed by atoms with Gasteiger partial charge in [-0.25, -0.2) is 0 Å². The molecule has 5 nitrogen and oxygen atoms in total. The van der Waals surface area contributed by atoms with E-state index in [-0.39, 0.29) is 12.3 Å². The second kappa shape index (κ2) is 10.2. The first-order valence-electron chi connectivity index (χ1n) is 6.57. The average molecular weight is 283 g/mol. The number of hydrogen-bond acceptors (Lipinski definition) is 4. The van der Waals surface area contributed by atoms with Crippen LogP contribution in [-0.4, -0.2) is 54.9 Å². The minimum atomic E-state index is -0.904. The number of aliphatic hydroxyl groups is 1. The second-order valence-electron chi connectivity index (χ2n) is 4.67. The van der Waals surface area contributed by atoms with Crippen LogP contribution in [0.15, 0.2) is 35.6 Å². The molecule has 114 valence electrons. The van der Waals surface area contributed by atoms with E-state index < -0.39 is 5.97 Å². The number of methoxy groups -OCH3 is 1. The number of carbonyl (C=O) groups is 1. The molecule has 0 aromatic carbocycles. The Balaban J connectivity index is 4.97. The number of carboxylic acid groups (broad SMARTS) is 1. The van der Waals surface area contributed by atoms with E-state index in [1.54, 1.807) is 19.1 Å². The molecule has 0 aromatic heterocycles. The van der Waals surface area contributed by atoms with Gasteiger partial charge in [0.2, 0.25) is 0 Å². The van der Waals surface area contributed by atoms with Gasteiger partial charge in [-0.3, -0.25) is 9.69 Å². The molecule has 0 spiro atoms. The lowest BCUT2D eigenvalue weighted by Gasteiger charge is -2.16. The maximum absolute atomic E-state index is 10.7. The van der Waals surface area contributed by atoms with E-state index in [2.05, 4.69) is 13.5 Å². The topological polar surface area (TPSA) is 70.0 Å². The standard InChI is InChI=1S/C15H25NO4/c1-5-6-13(7-8-20-4)9-14(12(2)17)10-16(3)11-15(18)19/h7,9,17H,2,5-6,8,10-11H2,1,3-4H3,(H,18,19)/b13-7-,14-9-. The summed E-state index contributed by atoms with van der Waals surface area (Å²) in [5.74, 6) is -0.944. The summed E-state index contributed by atoms with van der Waals surface area (Å²) >= 11 is 0. The third-order valence-corrected chi connectivity index (χ3v) is 2.63. The van der Waals surface area contributed by atoms with Crippen LogP contribution in [0.3, 0.4) is 0 Å². The summed E-state index contributed by atoms with van der Waals surface area (Å²) in [5.41, 5.74) is 1.66. The molecule has 0 aliphatic heterocycles. The normalized spacial score (nSPS) is 12.8. The Morgan fingerprint density at radius 1 is 1.35 bits per heavy atom. The number of ether oxygens (including phenoxy) is 1. The summed E-state index contributed by atoms with van der Waals surface area (Å²) in [6.07, 6.45) is 5.64. The van der Waals surface area contributed by atoms with Crippen LogP contribution >= 0.6 is 0 Å². The van der Waals surface area contributed by atoms with Crippen molar-refractivity contribution in [3.05, 3.63) is 35.6 Å². The highest BCUT2D eigenvalue weighted by Gasteiger charge is 2.09. The molecular weight excluding hydrogens is 258 g/mol. The zero-order valence-electron chi connectivity index (χ0n) is 12.6. The molecule has 0 amide bonds. The SMILES string of the molecule is C=C(O)/C(=C\C(=C/COC)CCC)CN(C)CC(=O)O. The molecule has 0 aliphatic carbocycles. The largest absolute Gasteiger partial charge is 0.508 e. The van der Waals surface area contributed by atoms with Gasteiger partial charge in [-0.15, -0.1) is 0 Å². The first-order chi connectivity index (χ1) is 9.40. The molecule has 0 radical (unpaired) electrons. The van der Waals surface area contributed by atoms with E-state index in [0.717, 1.165) is 18.4 Å². The molecule has 0 bridgehead atoms. The van der Waals surface area contributed by atoms with Gasteiger partial charge in [-0.05, 0) is 19.0 Å². The first-order valence-corrected chi connectivity index (χ1v) is 6.57. The highest BCUT2D eigenvalue weighted by Crippen LogP contribution is 2.14. The van der Waals surface area contributed by atoms with Crippen LogP contribution in [0.25, 0.3) is 0 Å². The maximum Gasteiger partial charge on any atom is 0.317 e. The monoisotopic (exact) mass is 283 g/mol. The van der Waals surface area contributed by atoms with Crippen LogP contribution in [-0.2, 0) is 9.53 Å². The fraction of sp³-hybridized carbons (Fsp3) is 0.533. The quantitative estimate of drug-likeness (QED) is 0.476. The highest BCUT2D eigenvalue weighted by atomic mass is 16.5. The molecule has 20 heavy (non-hydrogen) atoms. The maximum atomic E-state index is 10.7. The number of likely N-dealkylation sites (N-methyl/N-ethyl adjacent to an activating group) is 1. The fourth-order valence-corrected chi connectivity index (χ4v) is 1.73. The lowest BCUT2D eigenvalue weighted by atomic mass is 10.1. The first kappa shape index (κ1) is 18.4. The van der Waals surface area contributed by atoms with Crippen molar-refractivity contribution in [3.8, 4) is 0 Å². The van der Waals surface area contributed by atoms with Crippen molar-refractivity contribution in [2.45, 2.75) is 19.8 Å². The van der Waals surface area contributed by atoms with Crippen molar-refractivity contribution >= 4 is 5.97 Å².